The number of hydrogen-bond donors (Lipinski definition) is 3. The van der Waals surface area contributed by atoms with E-state index < -0.39 is 11.9 Å². The lowest BCUT2D eigenvalue weighted by Gasteiger charge is -2.10. The Morgan fingerprint density at radius 1 is 1.43 bits per heavy atom. The molecule has 2 aromatic rings. The minimum absolute atomic E-state index is 0.0145. The average molecular weight is 309 g/mol. The largest absolute Gasteiger partial charge is 0.476 e. The summed E-state index contributed by atoms with van der Waals surface area (Å²) in [6.07, 6.45) is 2.86. The van der Waals surface area contributed by atoms with Crippen molar-refractivity contribution < 1.29 is 14.7 Å². The number of anilines is 1. The molecule has 8 heteroatoms. The van der Waals surface area contributed by atoms with Crippen LogP contribution in [0.1, 0.15) is 20.8 Å². The van der Waals surface area contributed by atoms with Gasteiger partial charge in [-0.2, -0.15) is 0 Å². The van der Waals surface area contributed by atoms with Gasteiger partial charge >= 0.3 is 5.97 Å². The molecule has 0 saturated heterocycles. The Bertz CT molecular complexity index is 684. The summed E-state index contributed by atoms with van der Waals surface area (Å²) in [5, 5.41) is 12.2. The van der Waals surface area contributed by atoms with Crippen LogP contribution in [-0.2, 0) is 6.54 Å². The number of carbonyl (C=O) groups is 2. The van der Waals surface area contributed by atoms with Crippen LogP contribution in [0.25, 0.3) is 0 Å². The van der Waals surface area contributed by atoms with Gasteiger partial charge < -0.3 is 20.7 Å². The number of primary amides is 1. The maximum absolute atomic E-state index is 11.3. The van der Waals surface area contributed by atoms with Crippen LogP contribution < -0.4 is 11.1 Å². The molecule has 0 aliphatic heterocycles. The van der Waals surface area contributed by atoms with Crippen LogP contribution in [0.2, 0.25) is 5.02 Å². The number of nitrogens with zero attached hydrogens (tertiary/aromatic N) is 2. The molecule has 0 unspecified atom stereocenters. The molecule has 0 atom stereocenters. The Hall–Kier alpha value is -2.54. The molecule has 0 fully saturated rings. The molecule has 1 heterocycles. The maximum atomic E-state index is 11.3. The number of halogens is 1. The molecular weight excluding hydrogens is 296 g/mol. The molecule has 7 nitrogen and oxygen atoms in total. The van der Waals surface area contributed by atoms with Gasteiger partial charge in [0.2, 0.25) is 0 Å². The van der Waals surface area contributed by atoms with Crippen molar-refractivity contribution in [1.82, 2.24) is 9.55 Å². The molecule has 1 aromatic carbocycles. The first kappa shape index (κ1) is 14.9. The SMILES string of the molecule is NC(=O)c1cc(Cl)ccc1NCCn1cnc(C(=O)O)c1. The summed E-state index contributed by atoms with van der Waals surface area (Å²) in [6.45, 7) is 0.957. The number of carboxylic acids is 1. The third kappa shape index (κ3) is 3.73. The third-order valence-corrected chi connectivity index (χ3v) is 3.02. The summed E-state index contributed by atoms with van der Waals surface area (Å²) in [4.78, 5) is 25.8. The molecule has 21 heavy (non-hydrogen) atoms. The van der Waals surface area contributed by atoms with Gasteiger partial charge in [0, 0.05) is 30.0 Å². The van der Waals surface area contributed by atoms with Gasteiger partial charge in [0.1, 0.15) is 0 Å². The number of hydrogen-bond acceptors (Lipinski definition) is 4. The maximum Gasteiger partial charge on any atom is 0.356 e. The highest BCUT2D eigenvalue weighted by Gasteiger charge is 2.09. The fraction of sp³-hybridized carbons (Fsp3) is 0.154. The van der Waals surface area contributed by atoms with E-state index >= 15 is 0 Å². The second-order valence-electron chi connectivity index (χ2n) is 4.28. The van der Waals surface area contributed by atoms with E-state index in [-0.39, 0.29) is 5.69 Å². The molecule has 0 aliphatic carbocycles. The van der Waals surface area contributed by atoms with Crippen molar-refractivity contribution in [3.8, 4) is 0 Å². The molecule has 4 N–H and O–H groups in total. The van der Waals surface area contributed by atoms with Crippen LogP contribution in [-0.4, -0.2) is 33.1 Å². The number of nitrogens with one attached hydrogen (secondary N) is 1. The number of carboxylic acid groups (broad SMARTS) is 1. The minimum atomic E-state index is -1.07. The lowest BCUT2D eigenvalue weighted by molar-refractivity contribution is 0.0690. The fourth-order valence-electron chi connectivity index (χ4n) is 1.79. The molecule has 0 bridgehead atoms. The Morgan fingerprint density at radius 3 is 2.81 bits per heavy atom. The summed E-state index contributed by atoms with van der Waals surface area (Å²) in [6, 6.07) is 4.81. The molecule has 1 amide bonds. The molecule has 0 spiro atoms. The van der Waals surface area contributed by atoms with Crippen LogP contribution in [0.3, 0.4) is 0 Å². The van der Waals surface area contributed by atoms with Crippen molar-refractivity contribution in [2.45, 2.75) is 6.54 Å². The van der Waals surface area contributed by atoms with E-state index in [1.165, 1.54) is 18.6 Å². The molecule has 110 valence electrons. The van der Waals surface area contributed by atoms with Gasteiger partial charge in [-0.25, -0.2) is 9.78 Å². The number of amides is 1. The Morgan fingerprint density at radius 2 is 2.19 bits per heavy atom. The Kier molecular flexibility index (Phi) is 4.44. The molecule has 1 aromatic heterocycles. The fourth-order valence-corrected chi connectivity index (χ4v) is 1.96. The van der Waals surface area contributed by atoms with Crippen molar-refractivity contribution >= 4 is 29.2 Å². The first-order valence-corrected chi connectivity index (χ1v) is 6.43. The van der Waals surface area contributed by atoms with Crippen LogP contribution in [0.5, 0.6) is 0 Å². The van der Waals surface area contributed by atoms with Gasteiger partial charge in [-0.1, -0.05) is 11.6 Å². The van der Waals surface area contributed by atoms with Crippen molar-refractivity contribution in [2.75, 3.05) is 11.9 Å². The van der Waals surface area contributed by atoms with Crippen LogP contribution in [0.15, 0.2) is 30.7 Å². The lowest BCUT2D eigenvalue weighted by atomic mass is 10.1. The lowest BCUT2D eigenvalue weighted by Crippen LogP contribution is -2.16. The molecular formula is C13H13ClN4O3. The number of aromatic carboxylic acids is 1. The number of rotatable bonds is 6. The molecule has 0 radical (unpaired) electrons. The van der Waals surface area contributed by atoms with Crippen molar-refractivity contribution in [3.63, 3.8) is 0 Å². The van der Waals surface area contributed by atoms with Crippen molar-refractivity contribution in [3.05, 3.63) is 47.0 Å². The zero-order chi connectivity index (χ0) is 15.4. The van der Waals surface area contributed by atoms with E-state index in [0.717, 1.165) is 0 Å². The number of carbonyl (C=O) groups excluding carboxylic acids is 1. The van der Waals surface area contributed by atoms with E-state index in [0.29, 0.717) is 29.4 Å². The summed E-state index contributed by atoms with van der Waals surface area (Å²) < 4.78 is 1.64. The standard InChI is InChI=1S/C13H13ClN4O3/c14-8-1-2-10(9(5-8)12(15)19)16-3-4-18-6-11(13(20)21)17-7-18/h1-2,5-7,16H,3-4H2,(H2,15,19)(H,20,21). The van der Waals surface area contributed by atoms with Gasteiger partial charge in [0.25, 0.3) is 5.91 Å². The normalized spacial score (nSPS) is 10.3. The number of nitrogens with two attached hydrogens (primary N) is 1. The van der Waals surface area contributed by atoms with Crippen LogP contribution in [0.4, 0.5) is 5.69 Å². The van der Waals surface area contributed by atoms with Gasteiger partial charge in [-0.3, -0.25) is 4.79 Å². The van der Waals surface area contributed by atoms with Gasteiger partial charge in [-0.15, -0.1) is 0 Å². The van der Waals surface area contributed by atoms with Gasteiger partial charge in [0.15, 0.2) is 5.69 Å². The Labute approximate surface area is 125 Å². The topological polar surface area (TPSA) is 110 Å². The van der Waals surface area contributed by atoms with Crippen LogP contribution >= 0.6 is 11.6 Å². The zero-order valence-electron chi connectivity index (χ0n) is 10.9. The van der Waals surface area contributed by atoms with E-state index in [1.807, 2.05) is 0 Å². The highest BCUT2D eigenvalue weighted by Crippen LogP contribution is 2.20. The van der Waals surface area contributed by atoms with E-state index in [4.69, 9.17) is 22.4 Å². The quantitative estimate of drug-likeness (QED) is 0.748. The smallest absolute Gasteiger partial charge is 0.356 e. The number of benzene rings is 1. The molecule has 2 rings (SSSR count). The number of imidazole rings is 1. The highest BCUT2D eigenvalue weighted by molar-refractivity contribution is 6.31. The highest BCUT2D eigenvalue weighted by atomic mass is 35.5. The van der Waals surface area contributed by atoms with E-state index in [1.54, 1.807) is 16.7 Å². The predicted octanol–water partition coefficient (Wildman–Crippen LogP) is 1.45. The molecule has 0 saturated carbocycles. The third-order valence-electron chi connectivity index (χ3n) is 2.78. The van der Waals surface area contributed by atoms with Crippen molar-refractivity contribution in [1.29, 1.82) is 0 Å². The Balaban J connectivity index is 2.00. The second kappa shape index (κ2) is 6.27. The first-order valence-electron chi connectivity index (χ1n) is 6.05. The first-order chi connectivity index (χ1) is 9.97. The van der Waals surface area contributed by atoms with Crippen molar-refractivity contribution in [2.24, 2.45) is 5.73 Å². The van der Waals surface area contributed by atoms with Gasteiger partial charge in [-0.05, 0) is 18.2 Å². The van der Waals surface area contributed by atoms with E-state index in [9.17, 15) is 9.59 Å². The monoisotopic (exact) mass is 308 g/mol. The minimum Gasteiger partial charge on any atom is -0.476 e. The summed E-state index contributed by atoms with van der Waals surface area (Å²) in [7, 11) is 0. The summed E-state index contributed by atoms with van der Waals surface area (Å²) in [5.41, 5.74) is 6.15. The molecule has 0 aliphatic rings. The summed E-state index contributed by atoms with van der Waals surface area (Å²) in [5.74, 6) is -1.65. The zero-order valence-corrected chi connectivity index (χ0v) is 11.7. The second-order valence-corrected chi connectivity index (χ2v) is 4.72. The number of aromatic nitrogens is 2. The predicted molar refractivity (Wildman–Crippen MR) is 77.6 cm³/mol. The van der Waals surface area contributed by atoms with Gasteiger partial charge in [0.05, 0.1) is 11.9 Å². The average Bonchev–Trinajstić information content (AvgIpc) is 2.89. The van der Waals surface area contributed by atoms with Crippen LogP contribution in [0, 0.1) is 0 Å². The summed E-state index contributed by atoms with van der Waals surface area (Å²) >= 11 is 5.82. The van der Waals surface area contributed by atoms with E-state index in [2.05, 4.69) is 10.3 Å².